The predicted octanol–water partition coefficient (Wildman–Crippen LogP) is 4.82. The third kappa shape index (κ3) is 4.41. The Morgan fingerprint density at radius 2 is 1.54 bits per heavy atom. The summed E-state index contributed by atoms with van der Waals surface area (Å²) in [4.78, 5) is 42.7. The number of amides is 2. The molecule has 1 aliphatic rings. The number of rotatable bonds is 6. The highest BCUT2D eigenvalue weighted by molar-refractivity contribution is 6.44. The lowest BCUT2D eigenvalue weighted by Gasteiger charge is -2.14. The summed E-state index contributed by atoms with van der Waals surface area (Å²) in [7, 11) is 0. The van der Waals surface area contributed by atoms with Crippen LogP contribution in [0.1, 0.15) is 36.6 Å². The molecule has 1 N–H and O–H groups in total. The summed E-state index contributed by atoms with van der Waals surface area (Å²) in [5, 5.41) is 3.78. The van der Waals surface area contributed by atoms with Crippen molar-refractivity contribution in [2.45, 2.75) is 26.3 Å². The van der Waals surface area contributed by atoms with Gasteiger partial charge in [-0.25, -0.2) is 4.68 Å². The number of aromatic nitrogens is 3. The number of H-pyrrole nitrogens is 1. The van der Waals surface area contributed by atoms with Gasteiger partial charge in [-0.15, -0.1) is 0 Å². The molecule has 1 aliphatic heterocycles. The Hall–Kier alpha value is -3.94. The minimum absolute atomic E-state index is 0.0564. The van der Waals surface area contributed by atoms with E-state index < -0.39 is 17.4 Å². The van der Waals surface area contributed by atoms with E-state index in [0.717, 1.165) is 5.56 Å². The molecule has 4 aromatic rings. The first-order valence-electron chi connectivity index (χ1n) is 11.7. The highest BCUT2D eigenvalue weighted by Gasteiger charge is 2.47. The molecule has 0 unspecified atom stereocenters. The van der Waals surface area contributed by atoms with Gasteiger partial charge in [-0.1, -0.05) is 73.4 Å². The van der Waals surface area contributed by atoms with Crippen LogP contribution < -0.4 is 10.1 Å². The summed E-state index contributed by atoms with van der Waals surface area (Å²) in [5.41, 5.74) is 1.66. The second-order valence-corrected chi connectivity index (χ2v) is 9.80. The minimum atomic E-state index is -0.528. The average molecular weight is 534 g/mol. The molecule has 37 heavy (non-hydrogen) atoms. The Labute approximate surface area is 223 Å². The fourth-order valence-electron chi connectivity index (χ4n) is 4.40. The Bertz CT molecular complexity index is 1610. The van der Waals surface area contributed by atoms with Crippen molar-refractivity contribution < 1.29 is 14.2 Å². The zero-order valence-corrected chi connectivity index (χ0v) is 21.6. The molecule has 0 bridgehead atoms. The maximum absolute atomic E-state index is 13.9. The summed E-state index contributed by atoms with van der Waals surface area (Å²) >= 11 is 12.3. The molecule has 0 spiro atoms. The smallest absolute Gasteiger partial charge is 0.294 e. The molecule has 0 radical (unpaired) electrons. The highest BCUT2D eigenvalue weighted by Crippen LogP contribution is 2.33. The van der Waals surface area contributed by atoms with Gasteiger partial charge in [-0.05, 0) is 29.7 Å². The van der Waals surface area contributed by atoms with Gasteiger partial charge in [0.2, 0.25) is 0 Å². The first-order valence-corrected chi connectivity index (χ1v) is 12.4. The second-order valence-electron chi connectivity index (χ2n) is 8.98. The van der Waals surface area contributed by atoms with Crippen molar-refractivity contribution in [1.29, 1.82) is 0 Å². The van der Waals surface area contributed by atoms with Gasteiger partial charge in [-0.2, -0.15) is 4.57 Å². The molecule has 186 valence electrons. The Kier molecular flexibility index (Phi) is 6.58. The molecular formula is C28H23Cl2N4O3+. The van der Waals surface area contributed by atoms with Gasteiger partial charge in [0.05, 0.1) is 27.8 Å². The molecule has 0 saturated carbocycles. The van der Waals surface area contributed by atoms with Crippen molar-refractivity contribution in [3.63, 3.8) is 0 Å². The number of halogens is 2. The Balaban J connectivity index is 1.74. The molecule has 2 aromatic carbocycles. The summed E-state index contributed by atoms with van der Waals surface area (Å²) in [6.07, 6.45) is 3.37. The number of pyridine rings is 1. The second kappa shape index (κ2) is 9.84. The molecule has 3 heterocycles. The molecule has 0 atom stereocenters. The van der Waals surface area contributed by atoms with Crippen molar-refractivity contribution in [1.82, 2.24) is 14.7 Å². The molecule has 2 amide bonds. The van der Waals surface area contributed by atoms with Crippen LogP contribution in [0.15, 0.2) is 83.9 Å². The molecule has 5 rings (SSSR count). The van der Waals surface area contributed by atoms with Gasteiger partial charge < -0.3 is 0 Å². The molecular weight excluding hydrogens is 511 g/mol. The molecule has 0 aliphatic carbocycles. The number of hydrogen-bond acceptors (Lipinski definition) is 3. The van der Waals surface area contributed by atoms with Gasteiger partial charge >= 0.3 is 5.91 Å². The number of carbonyl (C=O) groups is 2. The maximum atomic E-state index is 13.9. The van der Waals surface area contributed by atoms with Crippen molar-refractivity contribution in [2.75, 3.05) is 0 Å². The number of aromatic amines is 1. The summed E-state index contributed by atoms with van der Waals surface area (Å²) < 4.78 is 2.91. The lowest BCUT2D eigenvalue weighted by Crippen LogP contribution is -2.39. The number of hydrogen-bond donors (Lipinski definition) is 1. The Morgan fingerprint density at radius 1 is 0.865 bits per heavy atom. The summed E-state index contributed by atoms with van der Waals surface area (Å²) in [5.74, 6) is -1.16. The average Bonchev–Trinajstić information content (AvgIpc) is 3.35. The van der Waals surface area contributed by atoms with Crippen molar-refractivity contribution in [3.05, 3.63) is 116 Å². The van der Waals surface area contributed by atoms with Gasteiger partial charge in [0.1, 0.15) is 5.57 Å². The molecule has 0 saturated heterocycles. The van der Waals surface area contributed by atoms with Crippen molar-refractivity contribution in [3.8, 4) is 5.69 Å². The van der Waals surface area contributed by atoms with Crippen LogP contribution in [0.4, 0.5) is 0 Å². The van der Waals surface area contributed by atoms with Gasteiger partial charge in [0.15, 0.2) is 12.4 Å². The van der Waals surface area contributed by atoms with E-state index in [2.05, 4.69) is 5.10 Å². The van der Waals surface area contributed by atoms with Crippen molar-refractivity contribution >= 4 is 46.3 Å². The standard InChI is InChI=1S/C28H22Cl2N4O3/c1-17(2)24-22(27(36)34(31-24)19-11-12-20(29)21(30)15-19)23-25(32-13-7-4-8-14-32)28(37)33(26(23)35)16-18-9-5-3-6-10-18/h3-15,17H,16H2,1-2H3/p+1. The first kappa shape index (κ1) is 24.7. The lowest BCUT2D eigenvalue weighted by molar-refractivity contribution is -0.576. The number of imide groups is 1. The topological polar surface area (TPSA) is 79.1 Å². The quantitative estimate of drug-likeness (QED) is 0.285. The van der Waals surface area contributed by atoms with Crippen LogP contribution >= 0.6 is 23.2 Å². The van der Waals surface area contributed by atoms with E-state index in [0.29, 0.717) is 16.4 Å². The Morgan fingerprint density at radius 3 is 2.19 bits per heavy atom. The van der Waals surface area contributed by atoms with E-state index in [1.54, 1.807) is 47.3 Å². The van der Waals surface area contributed by atoms with E-state index in [1.165, 1.54) is 9.58 Å². The summed E-state index contributed by atoms with van der Waals surface area (Å²) in [6.45, 7) is 3.90. The van der Waals surface area contributed by atoms with E-state index in [1.807, 2.05) is 50.2 Å². The highest BCUT2D eigenvalue weighted by atomic mass is 35.5. The zero-order chi connectivity index (χ0) is 26.3. The van der Waals surface area contributed by atoms with E-state index in [4.69, 9.17) is 23.2 Å². The van der Waals surface area contributed by atoms with Crippen LogP contribution in [0.3, 0.4) is 0 Å². The predicted molar refractivity (Wildman–Crippen MR) is 142 cm³/mol. The number of nitrogens with zero attached hydrogens (tertiary/aromatic N) is 3. The van der Waals surface area contributed by atoms with Crippen LogP contribution in [-0.2, 0) is 16.1 Å². The van der Waals surface area contributed by atoms with Gasteiger partial charge in [0.25, 0.3) is 17.2 Å². The van der Waals surface area contributed by atoms with Crippen molar-refractivity contribution in [2.24, 2.45) is 0 Å². The normalized spacial score (nSPS) is 13.8. The molecule has 2 aromatic heterocycles. The fraction of sp³-hybridized carbons (Fsp3) is 0.143. The van der Waals surface area contributed by atoms with Gasteiger partial charge in [-0.3, -0.25) is 24.4 Å². The van der Waals surface area contributed by atoms with E-state index in [9.17, 15) is 14.4 Å². The SMILES string of the molecule is CC(C)c1[nH]n(-c2ccc(Cl)c(Cl)c2)c(=O)c1C1=C([n+]2ccccc2)C(=O)N(Cc2ccccc2)C1=O. The van der Waals surface area contributed by atoms with Gasteiger partial charge in [0, 0.05) is 17.8 Å². The van der Waals surface area contributed by atoms with E-state index >= 15 is 0 Å². The monoisotopic (exact) mass is 533 g/mol. The lowest BCUT2D eigenvalue weighted by atomic mass is 9.98. The van der Waals surface area contributed by atoms with E-state index in [-0.39, 0.29) is 34.3 Å². The summed E-state index contributed by atoms with van der Waals surface area (Å²) in [6, 6.07) is 19.4. The number of nitrogens with one attached hydrogen (secondary N) is 1. The minimum Gasteiger partial charge on any atom is -0.294 e. The number of carbonyl (C=O) groups excluding carboxylic acids is 2. The third-order valence-electron chi connectivity index (χ3n) is 6.21. The van der Waals surface area contributed by atoms with Crippen LogP contribution in [-0.4, -0.2) is 26.5 Å². The van der Waals surface area contributed by atoms with Crippen LogP contribution in [0, 0.1) is 0 Å². The van der Waals surface area contributed by atoms with Crippen LogP contribution in [0.5, 0.6) is 0 Å². The third-order valence-corrected chi connectivity index (χ3v) is 6.95. The maximum Gasteiger partial charge on any atom is 0.327 e. The van der Waals surface area contributed by atoms with Crippen LogP contribution in [0.25, 0.3) is 17.0 Å². The number of benzene rings is 2. The largest absolute Gasteiger partial charge is 0.327 e. The van der Waals surface area contributed by atoms with Crippen LogP contribution in [0.2, 0.25) is 10.0 Å². The molecule has 7 nitrogen and oxygen atoms in total. The first-order chi connectivity index (χ1) is 17.8. The fourth-order valence-corrected chi connectivity index (χ4v) is 4.70. The zero-order valence-electron chi connectivity index (χ0n) is 20.1. The molecule has 9 heteroatoms. The molecule has 0 fully saturated rings.